The summed E-state index contributed by atoms with van der Waals surface area (Å²) in [5, 5.41) is 0. The molecule has 2 aromatic rings. The smallest absolute Gasteiger partial charge is 0.186 e. The predicted molar refractivity (Wildman–Crippen MR) is 83.4 cm³/mol. The molecule has 1 saturated carbocycles. The Labute approximate surface area is 119 Å². The fourth-order valence-electron chi connectivity index (χ4n) is 2.40. The van der Waals surface area contributed by atoms with Crippen LogP contribution < -0.4 is 11.5 Å². The first-order valence-corrected chi connectivity index (χ1v) is 6.97. The van der Waals surface area contributed by atoms with Gasteiger partial charge in [0.25, 0.3) is 0 Å². The third-order valence-electron chi connectivity index (χ3n) is 3.66. The summed E-state index contributed by atoms with van der Waals surface area (Å²) in [4.78, 5) is 4.05. The van der Waals surface area contributed by atoms with Crippen molar-refractivity contribution in [3.63, 3.8) is 0 Å². The molecule has 1 aliphatic rings. The van der Waals surface area contributed by atoms with E-state index in [0.717, 1.165) is 11.5 Å². The van der Waals surface area contributed by atoms with Gasteiger partial charge < -0.3 is 11.5 Å². The van der Waals surface area contributed by atoms with Crippen LogP contribution in [0.5, 0.6) is 0 Å². The summed E-state index contributed by atoms with van der Waals surface area (Å²) in [7, 11) is 0. The fraction of sp³-hybridized carbons (Fsp3) is 0.235. The lowest BCUT2D eigenvalue weighted by atomic mass is 10.0. The Hall–Kier alpha value is -2.29. The van der Waals surface area contributed by atoms with E-state index < -0.39 is 0 Å². The first-order valence-electron chi connectivity index (χ1n) is 6.97. The van der Waals surface area contributed by atoms with Gasteiger partial charge in [-0.1, -0.05) is 42.5 Å². The van der Waals surface area contributed by atoms with E-state index in [1.807, 2.05) is 12.1 Å². The van der Waals surface area contributed by atoms with E-state index in [-0.39, 0.29) is 5.96 Å². The Morgan fingerprint density at radius 3 is 2.40 bits per heavy atom. The molecule has 0 atom stereocenters. The molecule has 0 unspecified atom stereocenters. The first kappa shape index (κ1) is 12.7. The lowest BCUT2D eigenvalue weighted by Crippen LogP contribution is -2.22. The zero-order chi connectivity index (χ0) is 13.9. The van der Waals surface area contributed by atoms with Crippen LogP contribution in [0.2, 0.25) is 0 Å². The quantitative estimate of drug-likeness (QED) is 0.659. The minimum absolute atomic E-state index is 0.129. The van der Waals surface area contributed by atoms with Crippen molar-refractivity contribution in [2.45, 2.75) is 25.3 Å². The highest BCUT2D eigenvalue weighted by atomic mass is 15.0. The summed E-state index contributed by atoms with van der Waals surface area (Å²) in [6.07, 6.45) is 2.68. The summed E-state index contributed by atoms with van der Waals surface area (Å²) in [5.74, 6) is 0.932. The Bertz CT molecular complexity index is 621. The summed E-state index contributed by atoms with van der Waals surface area (Å²) >= 11 is 0. The summed E-state index contributed by atoms with van der Waals surface area (Å²) in [6.45, 7) is 0.524. The van der Waals surface area contributed by atoms with Crippen LogP contribution in [0.15, 0.2) is 53.5 Å². The number of nitrogens with two attached hydrogens (primary N) is 2. The van der Waals surface area contributed by atoms with E-state index in [1.165, 1.54) is 29.5 Å². The topological polar surface area (TPSA) is 64.4 Å². The Morgan fingerprint density at radius 1 is 1.00 bits per heavy atom. The molecule has 0 saturated heterocycles. The van der Waals surface area contributed by atoms with Gasteiger partial charge in [-0.25, -0.2) is 4.99 Å². The van der Waals surface area contributed by atoms with Crippen molar-refractivity contribution in [2.24, 2.45) is 16.5 Å². The minimum atomic E-state index is 0.129. The maximum Gasteiger partial charge on any atom is 0.186 e. The van der Waals surface area contributed by atoms with Crippen LogP contribution in [0.4, 0.5) is 0 Å². The number of hydrogen-bond donors (Lipinski definition) is 2. The Kier molecular flexibility index (Phi) is 3.42. The highest BCUT2D eigenvalue weighted by Crippen LogP contribution is 2.40. The SMILES string of the molecule is NC(N)=NCc1cccc(-c2ccc(C3CC3)cc2)c1. The van der Waals surface area contributed by atoms with Gasteiger partial charge in [-0.05, 0) is 47.1 Å². The molecule has 1 fully saturated rings. The van der Waals surface area contributed by atoms with E-state index in [1.54, 1.807) is 0 Å². The van der Waals surface area contributed by atoms with Crippen molar-refractivity contribution in [1.29, 1.82) is 0 Å². The molecule has 1 aliphatic carbocycles. The number of rotatable bonds is 4. The number of aliphatic imine (C=N–C) groups is 1. The van der Waals surface area contributed by atoms with Crippen LogP contribution in [0.3, 0.4) is 0 Å². The highest BCUT2D eigenvalue weighted by Gasteiger charge is 2.22. The first-order chi connectivity index (χ1) is 9.72. The zero-order valence-electron chi connectivity index (χ0n) is 11.4. The van der Waals surface area contributed by atoms with Gasteiger partial charge >= 0.3 is 0 Å². The number of benzene rings is 2. The highest BCUT2D eigenvalue weighted by molar-refractivity contribution is 5.75. The van der Waals surface area contributed by atoms with Crippen molar-refractivity contribution >= 4 is 5.96 Å². The second-order valence-electron chi connectivity index (χ2n) is 5.34. The average Bonchev–Trinajstić information content (AvgIpc) is 3.30. The van der Waals surface area contributed by atoms with E-state index >= 15 is 0 Å². The second kappa shape index (κ2) is 5.37. The van der Waals surface area contributed by atoms with Gasteiger partial charge in [-0.2, -0.15) is 0 Å². The van der Waals surface area contributed by atoms with Crippen LogP contribution in [0.1, 0.15) is 29.9 Å². The lowest BCUT2D eigenvalue weighted by Gasteiger charge is -2.06. The lowest BCUT2D eigenvalue weighted by molar-refractivity contribution is 1.06. The largest absolute Gasteiger partial charge is 0.370 e. The number of hydrogen-bond acceptors (Lipinski definition) is 1. The monoisotopic (exact) mass is 265 g/mol. The molecular weight excluding hydrogens is 246 g/mol. The maximum atomic E-state index is 5.37. The van der Waals surface area contributed by atoms with Crippen molar-refractivity contribution in [1.82, 2.24) is 0 Å². The average molecular weight is 265 g/mol. The van der Waals surface area contributed by atoms with Gasteiger partial charge in [0.15, 0.2) is 5.96 Å². The van der Waals surface area contributed by atoms with Crippen LogP contribution in [0, 0.1) is 0 Å². The number of guanidine groups is 1. The van der Waals surface area contributed by atoms with Crippen LogP contribution in [-0.2, 0) is 6.54 Å². The molecule has 4 N–H and O–H groups in total. The maximum absolute atomic E-state index is 5.37. The molecular formula is C17H19N3. The van der Waals surface area contributed by atoms with Crippen LogP contribution >= 0.6 is 0 Å². The molecule has 3 nitrogen and oxygen atoms in total. The van der Waals surface area contributed by atoms with Crippen LogP contribution in [0.25, 0.3) is 11.1 Å². The van der Waals surface area contributed by atoms with E-state index in [9.17, 15) is 0 Å². The van der Waals surface area contributed by atoms with Crippen LogP contribution in [-0.4, -0.2) is 5.96 Å². The molecule has 0 spiro atoms. The third kappa shape index (κ3) is 2.99. The van der Waals surface area contributed by atoms with Crippen molar-refractivity contribution in [3.05, 3.63) is 59.7 Å². The summed E-state index contributed by atoms with van der Waals surface area (Å²) in [6, 6.07) is 17.2. The Morgan fingerprint density at radius 2 is 1.75 bits per heavy atom. The molecule has 0 aliphatic heterocycles. The molecule has 3 rings (SSSR count). The van der Waals surface area contributed by atoms with Gasteiger partial charge in [0, 0.05) is 0 Å². The van der Waals surface area contributed by atoms with Gasteiger partial charge in [0.05, 0.1) is 6.54 Å². The van der Waals surface area contributed by atoms with Gasteiger partial charge in [-0.15, -0.1) is 0 Å². The predicted octanol–water partition coefficient (Wildman–Crippen LogP) is 3.00. The second-order valence-corrected chi connectivity index (χ2v) is 5.34. The molecule has 2 aromatic carbocycles. The van der Waals surface area contributed by atoms with Crippen molar-refractivity contribution < 1.29 is 0 Å². The van der Waals surface area contributed by atoms with Crippen molar-refractivity contribution in [3.8, 4) is 11.1 Å². The van der Waals surface area contributed by atoms with E-state index in [0.29, 0.717) is 6.54 Å². The molecule has 0 amide bonds. The molecule has 102 valence electrons. The Balaban J connectivity index is 1.81. The van der Waals surface area contributed by atoms with Gasteiger partial charge in [0.1, 0.15) is 0 Å². The van der Waals surface area contributed by atoms with E-state index in [2.05, 4.69) is 41.4 Å². The third-order valence-corrected chi connectivity index (χ3v) is 3.66. The molecule has 0 aromatic heterocycles. The van der Waals surface area contributed by atoms with Gasteiger partial charge in [-0.3, -0.25) is 0 Å². The van der Waals surface area contributed by atoms with Crippen molar-refractivity contribution in [2.75, 3.05) is 0 Å². The molecule has 0 heterocycles. The normalized spacial score (nSPS) is 14.0. The summed E-state index contributed by atoms with van der Waals surface area (Å²) < 4.78 is 0. The molecule has 0 bridgehead atoms. The standard InChI is InChI=1S/C17H19N3/c18-17(19)20-11-12-2-1-3-16(10-12)15-8-6-14(7-9-15)13-4-5-13/h1-3,6-10,13H,4-5,11H2,(H4,18,19,20). The van der Waals surface area contributed by atoms with E-state index in [4.69, 9.17) is 11.5 Å². The molecule has 3 heteroatoms. The number of nitrogens with zero attached hydrogens (tertiary/aromatic N) is 1. The zero-order valence-corrected chi connectivity index (χ0v) is 11.4. The fourth-order valence-corrected chi connectivity index (χ4v) is 2.40. The molecule has 20 heavy (non-hydrogen) atoms. The molecule has 0 radical (unpaired) electrons. The summed E-state index contributed by atoms with van der Waals surface area (Å²) in [5.41, 5.74) is 15.8. The minimum Gasteiger partial charge on any atom is -0.370 e. The van der Waals surface area contributed by atoms with Gasteiger partial charge in [0.2, 0.25) is 0 Å².